The SMILES string of the molecule is Cc1ccc(N(C)C(=O)c2ccc(-c3c[nH]c4ncc(-c5ccc(N6CCN(C)CC6)c(C)c5)cc34)cc2)cn1. The first-order chi connectivity index (χ1) is 19.4. The molecule has 0 unspecified atom stereocenters. The predicted octanol–water partition coefficient (Wildman–Crippen LogP) is 5.94. The van der Waals surface area contributed by atoms with E-state index in [0.29, 0.717) is 5.56 Å². The molecule has 6 rings (SSSR count). The fraction of sp³-hybridized carbons (Fsp3) is 0.242. The molecule has 0 aliphatic carbocycles. The average molecular weight is 531 g/mol. The third-order valence-electron chi connectivity index (χ3n) is 7.94. The lowest BCUT2D eigenvalue weighted by Gasteiger charge is -2.35. The fourth-order valence-electron chi connectivity index (χ4n) is 5.40. The lowest BCUT2D eigenvalue weighted by Crippen LogP contribution is -2.44. The Morgan fingerprint density at radius 1 is 0.850 bits per heavy atom. The number of H-pyrrole nitrogens is 1. The highest BCUT2D eigenvalue weighted by atomic mass is 16.2. The first-order valence-electron chi connectivity index (χ1n) is 13.7. The third-order valence-corrected chi connectivity index (χ3v) is 7.94. The number of piperazine rings is 1. The average Bonchev–Trinajstić information content (AvgIpc) is 3.41. The molecule has 7 nitrogen and oxygen atoms in total. The monoisotopic (exact) mass is 530 g/mol. The molecule has 0 radical (unpaired) electrons. The van der Waals surface area contributed by atoms with Crippen LogP contribution in [0.25, 0.3) is 33.3 Å². The molecule has 0 saturated carbocycles. The smallest absolute Gasteiger partial charge is 0.258 e. The van der Waals surface area contributed by atoms with Gasteiger partial charge in [-0.05, 0) is 80.1 Å². The highest BCUT2D eigenvalue weighted by Gasteiger charge is 2.18. The number of carbonyl (C=O) groups excluding carboxylic acids is 1. The molecule has 0 bridgehead atoms. The van der Waals surface area contributed by atoms with Gasteiger partial charge in [0.05, 0.1) is 11.9 Å². The summed E-state index contributed by atoms with van der Waals surface area (Å²) in [7, 11) is 3.96. The normalized spacial score (nSPS) is 14.1. The second kappa shape index (κ2) is 10.6. The van der Waals surface area contributed by atoms with Crippen LogP contribution in [0.15, 0.2) is 79.3 Å². The van der Waals surface area contributed by atoms with Gasteiger partial charge in [0, 0.05) is 79.1 Å². The van der Waals surface area contributed by atoms with E-state index in [2.05, 4.69) is 58.0 Å². The van der Waals surface area contributed by atoms with Crippen LogP contribution in [0.3, 0.4) is 0 Å². The van der Waals surface area contributed by atoms with Crippen LogP contribution in [0.5, 0.6) is 0 Å². The number of amides is 1. The van der Waals surface area contributed by atoms with Crippen LogP contribution in [0.4, 0.5) is 11.4 Å². The molecule has 7 heteroatoms. The number of hydrogen-bond acceptors (Lipinski definition) is 5. The zero-order chi connectivity index (χ0) is 27.8. The number of likely N-dealkylation sites (N-methyl/N-ethyl adjacent to an activating group) is 1. The van der Waals surface area contributed by atoms with Crippen LogP contribution >= 0.6 is 0 Å². The number of aromatic nitrogens is 3. The van der Waals surface area contributed by atoms with Crippen molar-refractivity contribution < 1.29 is 4.79 Å². The van der Waals surface area contributed by atoms with Crippen molar-refractivity contribution in [3.63, 3.8) is 0 Å². The minimum absolute atomic E-state index is 0.0736. The first kappa shape index (κ1) is 25.8. The maximum atomic E-state index is 13.1. The van der Waals surface area contributed by atoms with Crippen LogP contribution in [0.1, 0.15) is 21.6 Å². The Labute approximate surface area is 235 Å². The van der Waals surface area contributed by atoms with E-state index in [0.717, 1.165) is 70.8 Å². The number of nitrogens with zero attached hydrogens (tertiary/aromatic N) is 5. The second-order valence-corrected chi connectivity index (χ2v) is 10.7. The number of nitrogens with one attached hydrogen (secondary N) is 1. The molecule has 5 aromatic rings. The molecule has 1 fully saturated rings. The predicted molar refractivity (Wildman–Crippen MR) is 163 cm³/mol. The summed E-state index contributed by atoms with van der Waals surface area (Å²) in [4.78, 5) is 31.9. The molecule has 1 saturated heterocycles. The van der Waals surface area contributed by atoms with Crippen molar-refractivity contribution >= 4 is 28.3 Å². The molecule has 0 spiro atoms. The number of aryl methyl sites for hydroxylation is 2. The molecular formula is C33H34N6O. The number of carbonyl (C=O) groups is 1. The van der Waals surface area contributed by atoms with E-state index < -0.39 is 0 Å². The van der Waals surface area contributed by atoms with E-state index >= 15 is 0 Å². The van der Waals surface area contributed by atoms with Crippen molar-refractivity contribution in [2.45, 2.75) is 13.8 Å². The molecule has 1 amide bonds. The Hall–Kier alpha value is -4.49. The molecule has 4 heterocycles. The van der Waals surface area contributed by atoms with E-state index in [9.17, 15) is 4.79 Å². The highest BCUT2D eigenvalue weighted by molar-refractivity contribution is 6.06. The number of hydrogen-bond donors (Lipinski definition) is 1. The van der Waals surface area contributed by atoms with Gasteiger partial charge in [-0.15, -0.1) is 0 Å². The summed E-state index contributed by atoms with van der Waals surface area (Å²) in [5.41, 5.74) is 10.1. The summed E-state index contributed by atoms with van der Waals surface area (Å²) in [6, 6.07) is 20.5. The van der Waals surface area contributed by atoms with E-state index in [4.69, 9.17) is 4.98 Å². The minimum atomic E-state index is -0.0736. The van der Waals surface area contributed by atoms with Crippen molar-refractivity contribution in [1.82, 2.24) is 19.9 Å². The third kappa shape index (κ3) is 4.96. The maximum Gasteiger partial charge on any atom is 0.258 e. The van der Waals surface area contributed by atoms with Gasteiger partial charge in [0.1, 0.15) is 5.65 Å². The van der Waals surface area contributed by atoms with Crippen LogP contribution < -0.4 is 9.80 Å². The molecule has 1 N–H and O–H groups in total. The van der Waals surface area contributed by atoms with E-state index in [1.54, 1.807) is 18.1 Å². The van der Waals surface area contributed by atoms with Gasteiger partial charge in [0.15, 0.2) is 0 Å². The molecule has 40 heavy (non-hydrogen) atoms. The maximum absolute atomic E-state index is 13.1. The number of rotatable bonds is 5. The molecule has 0 atom stereocenters. The number of pyridine rings is 2. The summed E-state index contributed by atoms with van der Waals surface area (Å²) in [6.45, 7) is 8.42. The zero-order valence-electron chi connectivity index (χ0n) is 23.5. The van der Waals surface area contributed by atoms with Crippen molar-refractivity contribution in [2.75, 3.05) is 50.1 Å². The van der Waals surface area contributed by atoms with Gasteiger partial charge in [0.2, 0.25) is 0 Å². The molecule has 202 valence electrons. The largest absolute Gasteiger partial charge is 0.369 e. The lowest BCUT2D eigenvalue weighted by atomic mass is 9.99. The van der Waals surface area contributed by atoms with Gasteiger partial charge in [-0.3, -0.25) is 9.78 Å². The van der Waals surface area contributed by atoms with Gasteiger partial charge in [-0.1, -0.05) is 18.2 Å². The molecule has 2 aromatic carbocycles. The van der Waals surface area contributed by atoms with Crippen molar-refractivity contribution in [3.8, 4) is 22.3 Å². The number of benzene rings is 2. The Balaban J connectivity index is 1.25. The molecule has 3 aromatic heterocycles. The van der Waals surface area contributed by atoms with E-state index in [1.165, 1.54) is 11.3 Å². The minimum Gasteiger partial charge on any atom is -0.369 e. The fourth-order valence-corrected chi connectivity index (χ4v) is 5.40. The Bertz CT molecular complexity index is 1660. The number of fused-ring (bicyclic) bond motifs is 1. The molecule has 1 aliphatic rings. The molecular weight excluding hydrogens is 496 g/mol. The Morgan fingerprint density at radius 2 is 1.60 bits per heavy atom. The summed E-state index contributed by atoms with van der Waals surface area (Å²) < 4.78 is 0. The highest BCUT2D eigenvalue weighted by Crippen LogP contribution is 2.33. The summed E-state index contributed by atoms with van der Waals surface area (Å²) in [5.74, 6) is -0.0736. The van der Waals surface area contributed by atoms with Gasteiger partial charge in [0.25, 0.3) is 5.91 Å². The number of aromatic amines is 1. The topological polar surface area (TPSA) is 68.4 Å². The van der Waals surface area contributed by atoms with Gasteiger partial charge in [-0.2, -0.15) is 0 Å². The second-order valence-electron chi connectivity index (χ2n) is 10.7. The van der Waals surface area contributed by atoms with Crippen LogP contribution in [-0.2, 0) is 0 Å². The lowest BCUT2D eigenvalue weighted by molar-refractivity contribution is 0.0993. The molecule has 1 aliphatic heterocycles. The standard InChI is InChI=1S/C33H34N6O/c1-22-17-26(10-12-31(22)39-15-13-37(3)14-16-39)27-18-29-30(21-36-32(29)35-19-27)24-6-8-25(9-7-24)33(40)38(4)28-11-5-23(2)34-20-28/h5-12,17-21H,13-16H2,1-4H3,(H,35,36). The van der Waals surface area contributed by atoms with Gasteiger partial charge in [-0.25, -0.2) is 4.98 Å². The van der Waals surface area contributed by atoms with Crippen molar-refractivity contribution in [2.24, 2.45) is 0 Å². The summed E-state index contributed by atoms with van der Waals surface area (Å²) in [5, 5.41) is 1.06. The first-order valence-corrected chi connectivity index (χ1v) is 13.7. The number of anilines is 2. The van der Waals surface area contributed by atoms with Crippen molar-refractivity contribution in [1.29, 1.82) is 0 Å². The van der Waals surface area contributed by atoms with Crippen LogP contribution in [0, 0.1) is 13.8 Å². The van der Waals surface area contributed by atoms with Crippen LogP contribution in [0.2, 0.25) is 0 Å². The van der Waals surface area contributed by atoms with Gasteiger partial charge < -0.3 is 19.7 Å². The summed E-state index contributed by atoms with van der Waals surface area (Å²) in [6.07, 6.45) is 5.65. The zero-order valence-corrected chi connectivity index (χ0v) is 23.5. The van der Waals surface area contributed by atoms with E-state index in [1.807, 2.05) is 55.7 Å². The quantitative estimate of drug-likeness (QED) is 0.305. The van der Waals surface area contributed by atoms with Gasteiger partial charge >= 0.3 is 0 Å². The van der Waals surface area contributed by atoms with Crippen molar-refractivity contribution in [3.05, 3.63) is 96.1 Å². The van der Waals surface area contributed by atoms with E-state index in [-0.39, 0.29) is 5.91 Å². The van der Waals surface area contributed by atoms with Crippen LogP contribution in [-0.4, -0.2) is 66.0 Å². The Morgan fingerprint density at radius 3 is 2.30 bits per heavy atom. The summed E-state index contributed by atoms with van der Waals surface area (Å²) >= 11 is 0. The Kier molecular flexibility index (Phi) is 6.82.